The molecule has 0 aromatic carbocycles. The molecule has 0 amide bonds. The summed E-state index contributed by atoms with van der Waals surface area (Å²) in [5, 5.41) is 10.6. The first kappa shape index (κ1) is 86.1. The number of phosphoric acid groups is 2. The van der Waals surface area contributed by atoms with Gasteiger partial charge in [-0.25, -0.2) is 9.13 Å². The van der Waals surface area contributed by atoms with E-state index >= 15 is 0 Å². The van der Waals surface area contributed by atoms with E-state index in [1.54, 1.807) is 0 Å². The van der Waals surface area contributed by atoms with Crippen LogP contribution in [0, 0.1) is 11.8 Å². The molecule has 0 saturated carbocycles. The fraction of sp³-hybridized carbons (Fsp3) is 0.942. The first-order valence-electron chi connectivity index (χ1n) is 36.1. The van der Waals surface area contributed by atoms with Gasteiger partial charge in [0.15, 0.2) is 12.2 Å². The Bertz CT molecular complexity index is 1720. The average Bonchev–Trinajstić information content (AvgIpc) is 3.51. The highest BCUT2D eigenvalue weighted by atomic mass is 31.2. The van der Waals surface area contributed by atoms with E-state index in [1.807, 2.05) is 0 Å². The number of rotatable bonds is 68. The topological polar surface area (TPSA) is 237 Å². The van der Waals surface area contributed by atoms with Crippen molar-refractivity contribution in [1.82, 2.24) is 0 Å². The third-order valence-corrected chi connectivity index (χ3v) is 18.6. The van der Waals surface area contributed by atoms with Crippen molar-refractivity contribution in [3.63, 3.8) is 0 Å². The lowest BCUT2D eigenvalue weighted by molar-refractivity contribution is -0.161. The first-order valence-corrected chi connectivity index (χ1v) is 39.1. The fourth-order valence-electron chi connectivity index (χ4n) is 10.4. The summed E-state index contributed by atoms with van der Waals surface area (Å²) >= 11 is 0. The summed E-state index contributed by atoms with van der Waals surface area (Å²) in [7, 11) is -9.89. The van der Waals surface area contributed by atoms with Crippen molar-refractivity contribution in [3.05, 3.63) is 0 Å². The number of unbranched alkanes of at least 4 members (excludes halogenated alkanes) is 36. The summed E-state index contributed by atoms with van der Waals surface area (Å²) in [4.78, 5) is 72.3. The van der Waals surface area contributed by atoms with Crippen molar-refractivity contribution in [2.75, 3.05) is 39.6 Å². The second-order valence-electron chi connectivity index (χ2n) is 25.4. The van der Waals surface area contributed by atoms with Crippen LogP contribution in [0.3, 0.4) is 0 Å². The molecule has 522 valence electrons. The van der Waals surface area contributed by atoms with Gasteiger partial charge in [-0.3, -0.25) is 37.3 Å². The molecule has 0 saturated heterocycles. The Morgan fingerprint density at radius 2 is 0.545 bits per heavy atom. The van der Waals surface area contributed by atoms with E-state index in [2.05, 4.69) is 41.5 Å². The first-order chi connectivity index (χ1) is 42.4. The van der Waals surface area contributed by atoms with Gasteiger partial charge in [0.05, 0.1) is 26.4 Å². The van der Waals surface area contributed by atoms with E-state index in [4.69, 9.17) is 37.0 Å². The third-order valence-electron chi connectivity index (χ3n) is 16.7. The predicted octanol–water partition coefficient (Wildman–Crippen LogP) is 19.6. The molecule has 7 atom stereocenters. The van der Waals surface area contributed by atoms with Crippen molar-refractivity contribution in [1.29, 1.82) is 0 Å². The van der Waals surface area contributed by atoms with E-state index in [-0.39, 0.29) is 25.7 Å². The molecule has 0 aromatic heterocycles. The molecule has 0 spiro atoms. The number of hydrogen-bond donors (Lipinski definition) is 3. The molecular formula is C69H134O17P2. The van der Waals surface area contributed by atoms with Gasteiger partial charge in [0.25, 0.3) is 0 Å². The van der Waals surface area contributed by atoms with Gasteiger partial charge in [0.1, 0.15) is 19.3 Å². The van der Waals surface area contributed by atoms with Gasteiger partial charge in [0.2, 0.25) is 0 Å². The quantitative estimate of drug-likeness (QED) is 0.0222. The predicted molar refractivity (Wildman–Crippen MR) is 354 cm³/mol. The largest absolute Gasteiger partial charge is 0.472 e. The standard InChI is InChI=1S/C69H134O17P2/c1-7-11-13-15-17-26-35-41-47-53-68(73)85-64(57-79-66(71)51-45-39-31-16-14-12-8-2)59-83-87(75,76)81-55-63(70)56-82-88(77,78)84-60-65(58-80-67(72)52-46-40-34-29-25-24-28-33-38-44-50-62(6)10-4)86-69(74)54-48-42-36-30-23-21-19-18-20-22-27-32-37-43-49-61(5)9-3/h61-65,70H,7-60H2,1-6H3,(H,75,76)(H,77,78)/t61?,62?,63-,64+,65+/m0/s1. The molecule has 3 N–H and O–H groups in total. The van der Waals surface area contributed by atoms with Gasteiger partial charge in [0, 0.05) is 25.7 Å². The molecule has 0 rings (SSSR count). The van der Waals surface area contributed by atoms with E-state index in [0.29, 0.717) is 25.7 Å². The number of hydrogen-bond acceptors (Lipinski definition) is 15. The normalized spacial score (nSPS) is 14.8. The van der Waals surface area contributed by atoms with E-state index in [0.717, 1.165) is 115 Å². The Morgan fingerprint density at radius 1 is 0.318 bits per heavy atom. The molecule has 0 fully saturated rings. The Balaban J connectivity index is 5.19. The average molecular weight is 1300 g/mol. The molecule has 0 aromatic rings. The number of aliphatic hydroxyl groups excluding tert-OH is 1. The third kappa shape index (κ3) is 60.3. The maximum Gasteiger partial charge on any atom is 0.472 e. The molecular weight excluding hydrogens is 1160 g/mol. The van der Waals surface area contributed by atoms with Crippen molar-refractivity contribution in [3.8, 4) is 0 Å². The summed E-state index contributed by atoms with van der Waals surface area (Å²) in [5.74, 6) is -0.476. The Kier molecular flexibility index (Phi) is 59.9. The zero-order valence-electron chi connectivity index (χ0n) is 57.0. The highest BCUT2D eigenvalue weighted by molar-refractivity contribution is 7.47. The van der Waals surface area contributed by atoms with E-state index in [9.17, 15) is 43.2 Å². The highest BCUT2D eigenvalue weighted by Gasteiger charge is 2.30. The van der Waals surface area contributed by atoms with Crippen LogP contribution in [0.5, 0.6) is 0 Å². The molecule has 17 nitrogen and oxygen atoms in total. The van der Waals surface area contributed by atoms with Gasteiger partial charge < -0.3 is 33.8 Å². The number of carbonyl (C=O) groups is 4. The maximum atomic E-state index is 13.0. The lowest BCUT2D eigenvalue weighted by Crippen LogP contribution is -2.30. The number of esters is 4. The minimum Gasteiger partial charge on any atom is -0.462 e. The molecule has 0 heterocycles. The fourth-order valence-corrected chi connectivity index (χ4v) is 11.9. The van der Waals surface area contributed by atoms with Crippen molar-refractivity contribution >= 4 is 39.5 Å². The lowest BCUT2D eigenvalue weighted by atomic mass is 9.99. The number of aliphatic hydroxyl groups is 1. The Hall–Kier alpha value is -1.94. The Morgan fingerprint density at radius 3 is 0.807 bits per heavy atom. The van der Waals surface area contributed by atoms with Crippen molar-refractivity contribution in [2.24, 2.45) is 11.8 Å². The summed E-state index contributed by atoms with van der Waals surface area (Å²) in [6.07, 6.45) is 45.8. The SMILES string of the molecule is CCCCCCCCCCCC(=O)O[C@H](COC(=O)CCCCCCCCC)COP(=O)(O)OC[C@H](O)COP(=O)(O)OC[C@@H](COC(=O)CCCCCCCCCCCCC(C)CC)OC(=O)CCCCCCCCCCCCCCCCC(C)CC. The number of ether oxygens (including phenoxy) is 4. The summed E-state index contributed by atoms with van der Waals surface area (Å²) in [6, 6.07) is 0. The van der Waals surface area contributed by atoms with Gasteiger partial charge in [-0.2, -0.15) is 0 Å². The second-order valence-corrected chi connectivity index (χ2v) is 28.3. The zero-order valence-corrected chi connectivity index (χ0v) is 58.8. The molecule has 88 heavy (non-hydrogen) atoms. The Labute approximate surface area is 537 Å². The second kappa shape index (κ2) is 61.3. The lowest BCUT2D eigenvalue weighted by Gasteiger charge is -2.21. The maximum absolute atomic E-state index is 13.0. The van der Waals surface area contributed by atoms with Crippen LogP contribution in [0.1, 0.15) is 350 Å². The summed E-state index contributed by atoms with van der Waals surface area (Å²) < 4.78 is 68.1. The molecule has 4 unspecified atom stereocenters. The number of carbonyl (C=O) groups excluding carboxylic acids is 4. The molecule has 0 aliphatic rings. The minimum absolute atomic E-state index is 0.105. The molecule has 19 heteroatoms. The van der Waals surface area contributed by atoms with Crippen LogP contribution in [-0.2, 0) is 65.4 Å². The van der Waals surface area contributed by atoms with Crippen LogP contribution in [0.15, 0.2) is 0 Å². The summed E-state index contributed by atoms with van der Waals surface area (Å²) in [6.45, 7) is 9.56. The van der Waals surface area contributed by atoms with Crippen molar-refractivity contribution < 1.29 is 80.2 Å². The van der Waals surface area contributed by atoms with Gasteiger partial charge in [-0.15, -0.1) is 0 Å². The molecule has 0 radical (unpaired) electrons. The van der Waals surface area contributed by atoms with Crippen LogP contribution >= 0.6 is 15.6 Å². The zero-order chi connectivity index (χ0) is 65.0. The van der Waals surface area contributed by atoms with Crippen LogP contribution < -0.4 is 0 Å². The van der Waals surface area contributed by atoms with Gasteiger partial charge in [-0.1, -0.05) is 298 Å². The minimum atomic E-state index is -4.95. The highest BCUT2D eigenvalue weighted by Crippen LogP contribution is 2.45. The smallest absolute Gasteiger partial charge is 0.462 e. The van der Waals surface area contributed by atoms with E-state index in [1.165, 1.54) is 154 Å². The number of phosphoric ester groups is 2. The molecule has 0 aliphatic heterocycles. The van der Waals surface area contributed by atoms with Crippen LogP contribution in [0.2, 0.25) is 0 Å². The van der Waals surface area contributed by atoms with Gasteiger partial charge in [-0.05, 0) is 37.5 Å². The van der Waals surface area contributed by atoms with Gasteiger partial charge >= 0.3 is 39.5 Å². The van der Waals surface area contributed by atoms with Crippen molar-refractivity contribution in [2.45, 2.75) is 368 Å². The monoisotopic (exact) mass is 1300 g/mol. The molecule has 0 bridgehead atoms. The van der Waals surface area contributed by atoms with Crippen LogP contribution in [0.25, 0.3) is 0 Å². The van der Waals surface area contributed by atoms with Crippen LogP contribution in [0.4, 0.5) is 0 Å². The van der Waals surface area contributed by atoms with E-state index < -0.39 is 97.5 Å². The van der Waals surface area contributed by atoms with Crippen LogP contribution in [-0.4, -0.2) is 96.7 Å². The summed E-state index contributed by atoms with van der Waals surface area (Å²) in [5.41, 5.74) is 0. The molecule has 0 aliphatic carbocycles.